The minimum Gasteiger partial charge on any atom is -0.370 e. The van der Waals surface area contributed by atoms with E-state index < -0.39 is 0 Å². The van der Waals surface area contributed by atoms with Gasteiger partial charge in [-0.05, 0) is 44.5 Å². The van der Waals surface area contributed by atoms with Gasteiger partial charge >= 0.3 is 0 Å². The summed E-state index contributed by atoms with van der Waals surface area (Å²) in [5.41, 5.74) is 1.32. The number of aromatic nitrogens is 2. The quantitative estimate of drug-likeness (QED) is 0.771. The number of nitrogens with one attached hydrogen (secondary N) is 1. The van der Waals surface area contributed by atoms with E-state index in [0.29, 0.717) is 11.4 Å². The molecule has 1 aromatic carbocycles. The normalized spacial score (nSPS) is 11.0. The van der Waals surface area contributed by atoms with Gasteiger partial charge in [0.1, 0.15) is 16.5 Å². The lowest BCUT2D eigenvalue weighted by atomic mass is 10.1. The number of hydrogen-bond acceptors (Lipinski definition) is 4. The van der Waals surface area contributed by atoms with E-state index in [1.165, 1.54) is 10.9 Å². The molecule has 0 bridgehead atoms. The first-order valence-corrected chi connectivity index (χ1v) is 7.68. The van der Waals surface area contributed by atoms with Gasteiger partial charge in [-0.2, -0.15) is 0 Å². The van der Waals surface area contributed by atoms with Gasteiger partial charge in [0.15, 0.2) is 5.82 Å². The molecule has 3 aromatic rings. The summed E-state index contributed by atoms with van der Waals surface area (Å²) in [4.78, 5) is 11.1. The number of anilines is 1. The topological polar surface area (TPSA) is 37.8 Å². The molecule has 2 aromatic heterocycles. The van der Waals surface area contributed by atoms with Gasteiger partial charge in [-0.15, -0.1) is 11.3 Å². The second-order valence-electron chi connectivity index (χ2n) is 4.99. The molecule has 0 aliphatic rings. The first kappa shape index (κ1) is 13.9. The second kappa shape index (κ2) is 5.41. The van der Waals surface area contributed by atoms with Crippen LogP contribution in [0.2, 0.25) is 0 Å². The number of nitrogens with zero attached hydrogens (tertiary/aromatic N) is 2. The van der Waals surface area contributed by atoms with Gasteiger partial charge in [0, 0.05) is 11.4 Å². The zero-order chi connectivity index (χ0) is 15.0. The molecule has 0 amide bonds. The zero-order valence-electron chi connectivity index (χ0n) is 12.2. The van der Waals surface area contributed by atoms with Crippen molar-refractivity contribution < 1.29 is 4.39 Å². The predicted molar refractivity (Wildman–Crippen MR) is 86.4 cm³/mol. The van der Waals surface area contributed by atoms with Gasteiger partial charge in [-0.1, -0.05) is 6.07 Å². The molecule has 0 aliphatic carbocycles. The molecule has 2 heterocycles. The summed E-state index contributed by atoms with van der Waals surface area (Å²) in [6.45, 7) is 6.67. The van der Waals surface area contributed by atoms with E-state index in [0.717, 1.165) is 28.1 Å². The van der Waals surface area contributed by atoms with Gasteiger partial charge in [-0.25, -0.2) is 14.4 Å². The molecule has 1 N–H and O–H groups in total. The molecule has 0 radical (unpaired) electrons. The van der Waals surface area contributed by atoms with Gasteiger partial charge in [0.05, 0.1) is 10.9 Å². The van der Waals surface area contributed by atoms with Gasteiger partial charge < -0.3 is 5.32 Å². The lowest BCUT2D eigenvalue weighted by Gasteiger charge is -2.08. The third-order valence-electron chi connectivity index (χ3n) is 3.23. The van der Waals surface area contributed by atoms with Crippen LogP contribution in [0.1, 0.15) is 17.4 Å². The molecule has 0 atom stereocenters. The summed E-state index contributed by atoms with van der Waals surface area (Å²) in [7, 11) is 0. The summed E-state index contributed by atoms with van der Waals surface area (Å²) in [6, 6.07) is 7.18. The largest absolute Gasteiger partial charge is 0.370 e. The molecule has 21 heavy (non-hydrogen) atoms. The highest BCUT2D eigenvalue weighted by atomic mass is 32.1. The fraction of sp³-hybridized carbons (Fsp3) is 0.250. The van der Waals surface area contributed by atoms with Crippen LogP contribution in [0.3, 0.4) is 0 Å². The van der Waals surface area contributed by atoms with Crippen molar-refractivity contribution >= 4 is 27.4 Å². The Balaban J connectivity index is 2.22. The number of fused-ring (bicyclic) bond motifs is 1. The average molecular weight is 301 g/mol. The minimum atomic E-state index is -0.287. The molecule has 5 heteroatoms. The Bertz CT molecular complexity index is 811. The first-order valence-electron chi connectivity index (χ1n) is 6.87. The molecule has 0 fully saturated rings. The maximum Gasteiger partial charge on any atom is 0.166 e. The van der Waals surface area contributed by atoms with Crippen molar-refractivity contribution in [1.82, 2.24) is 9.97 Å². The third kappa shape index (κ3) is 2.61. The fourth-order valence-electron chi connectivity index (χ4n) is 2.27. The molecule has 0 aliphatic heterocycles. The number of thiophene rings is 1. The summed E-state index contributed by atoms with van der Waals surface area (Å²) in [5.74, 6) is 0.907. The van der Waals surface area contributed by atoms with Crippen LogP contribution < -0.4 is 5.32 Å². The van der Waals surface area contributed by atoms with Crippen LogP contribution in [-0.2, 0) is 0 Å². The molecule has 0 saturated heterocycles. The summed E-state index contributed by atoms with van der Waals surface area (Å²) in [6.07, 6.45) is 0. The Hall–Kier alpha value is -2.01. The van der Waals surface area contributed by atoms with Gasteiger partial charge in [0.2, 0.25) is 0 Å². The van der Waals surface area contributed by atoms with Gasteiger partial charge in [-0.3, -0.25) is 0 Å². The molecular formula is C16H16FN3S. The lowest BCUT2D eigenvalue weighted by Crippen LogP contribution is -2.02. The lowest BCUT2D eigenvalue weighted by molar-refractivity contribution is 0.629. The van der Waals surface area contributed by atoms with E-state index in [9.17, 15) is 4.39 Å². The summed E-state index contributed by atoms with van der Waals surface area (Å²) >= 11 is 1.60. The fourth-order valence-corrected chi connectivity index (χ4v) is 3.15. The monoisotopic (exact) mass is 301 g/mol. The molecule has 0 unspecified atom stereocenters. The predicted octanol–water partition coefficient (Wildman–Crippen LogP) is 4.55. The summed E-state index contributed by atoms with van der Waals surface area (Å²) < 4.78 is 14.2. The van der Waals surface area contributed by atoms with Crippen LogP contribution in [0.25, 0.3) is 21.6 Å². The number of benzene rings is 1. The van der Waals surface area contributed by atoms with Crippen LogP contribution in [0, 0.1) is 19.7 Å². The van der Waals surface area contributed by atoms with E-state index in [1.807, 2.05) is 26.8 Å². The molecule has 108 valence electrons. The maximum atomic E-state index is 14.2. The van der Waals surface area contributed by atoms with Crippen molar-refractivity contribution in [3.8, 4) is 11.4 Å². The maximum absolute atomic E-state index is 14.2. The minimum absolute atomic E-state index is 0.287. The van der Waals surface area contributed by atoms with E-state index in [2.05, 4.69) is 21.4 Å². The van der Waals surface area contributed by atoms with Crippen molar-refractivity contribution in [3.05, 3.63) is 40.5 Å². The molecular weight excluding hydrogens is 285 g/mol. The Kier molecular flexibility index (Phi) is 3.59. The van der Waals surface area contributed by atoms with E-state index in [4.69, 9.17) is 0 Å². The Morgan fingerprint density at radius 3 is 2.71 bits per heavy atom. The zero-order valence-corrected chi connectivity index (χ0v) is 13.0. The highest BCUT2D eigenvalue weighted by molar-refractivity contribution is 7.18. The number of aryl methyl sites for hydroxylation is 2. The summed E-state index contributed by atoms with van der Waals surface area (Å²) in [5, 5.41) is 4.23. The van der Waals surface area contributed by atoms with Crippen molar-refractivity contribution in [1.29, 1.82) is 0 Å². The van der Waals surface area contributed by atoms with Crippen LogP contribution in [0.5, 0.6) is 0 Å². The van der Waals surface area contributed by atoms with Crippen molar-refractivity contribution in [3.63, 3.8) is 0 Å². The molecule has 3 nitrogen and oxygen atoms in total. The van der Waals surface area contributed by atoms with Crippen LogP contribution in [0.15, 0.2) is 24.3 Å². The van der Waals surface area contributed by atoms with Crippen LogP contribution >= 0.6 is 11.3 Å². The average Bonchev–Trinajstić information content (AvgIpc) is 2.79. The van der Waals surface area contributed by atoms with E-state index in [-0.39, 0.29) is 5.82 Å². The second-order valence-corrected chi connectivity index (χ2v) is 6.22. The SMILES string of the molecule is CCNc1nc(-c2ccc(C)cc2F)nc2sc(C)cc12. The van der Waals surface area contributed by atoms with E-state index >= 15 is 0 Å². The van der Waals surface area contributed by atoms with Crippen molar-refractivity contribution in [2.24, 2.45) is 0 Å². The number of halogens is 1. The van der Waals surface area contributed by atoms with Crippen LogP contribution in [0.4, 0.5) is 10.2 Å². The van der Waals surface area contributed by atoms with E-state index in [1.54, 1.807) is 17.4 Å². The molecule has 3 rings (SSSR count). The highest BCUT2D eigenvalue weighted by Crippen LogP contribution is 2.31. The Morgan fingerprint density at radius 2 is 2.00 bits per heavy atom. The Labute approximate surface area is 126 Å². The molecule has 0 saturated carbocycles. The van der Waals surface area contributed by atoms with Crippen LogP contribution in [-0.4, -0.2) is 16.5 Å². The van der Waals surface area contributed by atoms with Gasteiger partial charge in [0.25, 0.3) is 0 Å². The molecule has 0 spiro atoms. The van der Waals surface area contributed by atoms with Crippen molar-refractivity contribution in [2.45, 2.75) is 20.8 Å². The Morgan fingerprint density at radius 1 is 1.19 bits per heavy atom. The first-order chi connectivity index (χ1) is 10.1. The number of rotatable bonds is 3. The standard InChI is InChI=1S/C16H16FN3S/c1-4-18-14-12-8-10(3)21-16(12)20-15(19-14)11-6-5-9(2)7-13(11)17/h5-8H,4H2,1-3H3,(H,18,19,20). The third-order valence-corrected chi connectivity index (χ3v) is 4.17. The number of hydrogen-bond donors (Lipinski definition) is 1. The highest BCUT2D eigenvalue weighted by Gasteiger charge is 2.14. The van der Waals surface area contributed by atoms with Crippen molar-refractivity contribution in [2.75, 3.05) is 11.9 Å². The smallest absolute Gasteiger partial charge is 0.166 e.